The Morgan fingerprint density at radius 2 is 1.53 bits per heavy atom. The smallest absolute Gasteiger partial charge is 0.190 e. The molecule has 1 nitrogen and oxygen atoms in total. The summed E-state index contributed by atoms with van der Waals surface area (Å²) in [5.41, 5.74) is 3.66. The highest BCUT2D eigenvalue weighted by atomic mass is 35.5. The minimum Gasteiger partial charge on any atom is -0.190 e. The highest BCUT2D eigenvalue weighted by Crippen LogP contribution is 2.12. The Labute approximate surface area is 118 Å². The molecule has 0 saturated carbocycles. The van der Waals surface area contributed by atoms with Gasteiger partial charge in [0, 0.05) is 23.1 Å². The molecular formula is C17H15ClN+. The van der Waals surface area contributed by atoms with E-state index in [9.17, 15) is 0 Å². The van der Waals surface area contributed by atoms with Crippen molar-refractivity contribution in [2.45, 2.75) is 12.4 Å². The van der Waals surface area contributed by atoms with Crippen LogP contribution in [0.2, 0.25) is 0 Å². The average molecular weight is 269 g/mol. The maximum absolute atomic E-state index is 6.08. The third kappa shape index (κ3) is 2.47. The summed E-state index contributed by atoms with van der Waals surface area (Å²) in [5, 5.41) is 1.24. The molecule has 1 aromatic heterocycles. The van der Waals surface area contributed by atoms with Gasteiger partial charge in [-0.25, -0.2) is 0 Å². The van der Waals surface area contributed by atoms with Crippen LogP contribution in [0.1, 0.15) is 11.3 Å². The summed E-state index contributed by atoms with van der Waals surface area (Å²) in [4.78, 5) is 0. The van der Waals surface area contributed by atoms with Crippen LogP contribution in [0.15, 0.2) is 66.7 Å². The van der Waals surface area contributed by atoms with E-state index in [1.54, 1.807) is 0 Å². The molecule has 0 bridgehead atoms. The van der Waals surface area contributed by atoms with Gasteiger partial charge in [0.15, 0.2) is 12.2 Å². The SMILES string of the molecule is ClCc1ccc2ccccc2[n+]1Cc1ccccc1. The van der Waals surface area contributed by atoms with Crippen LogP contribution in [0.5, 0.6) is 0 Å². The standard InChI is InChI=1S/C17H15ClN/c18-12-16-11-10-15-8-4-5-9-17(15)19(16)13-14-6-2-1-3-7-14/h1-11H,12-13H2/q+1. The van der Waals surface area contributed by atoms with Gasteiger partial charge in [0.25, 0.3) is 0 Å². The van der Waals surface area contributed by atoms with E-state index < -0.39 is 0 Å². The van der Waals surface area contributed by atoms with Crippen molar-refractivity contribution in [2.24, 2.45) is 0 Å². The van der Waals surface area contributed by atoms with Gasteiger partial charge in [-0.1, -0.05) is 42.5 Å². The summed E-state index contributed by atoms with van der Waals surface area (Å²) in [7, 11) is 0. The van der Waals surface area contributed by atoms with Crippen molar-refractivity contribution in [2.75, 3.05) is 0 Å². The molecule has 0 amide bonds. The van der Waals surface area contributed by atoms with E-state index in [-0.39, 0.29) is 0 Å². The molecular weight excluding hydrogens is 254 g/mol. The molecule has 0 saturated heterocycles. The summed E-state index contributed by atoms with van der Waals surface area (Å²) in [6.45, 7) is 0.851. The van der Waals surface area contributed by atoms with Gasteiger partial charge in [-0.3, -0.25) is 0 Å². The van der Waals surface area contributed by atoms with Crippen LogP contribution < -0.4 is 4.57 Å². The Bertz CT molecular complexity index is 692. The van der Waals surface area contributed by atoms with Crippen molar-refractivity contribution in [3.8, 4) is 0 Å². The Balaban J connectivity index is 2.15. The van der Waals surface area contributed by atoms with Gasteiger partial charge < -0.3 is 0 Å². The molecule has 0 radical (unpaired) electrons. The number of nitrogens with zero attached hydrogens (tertiary/aromatic N) is 1. The van der Waals surface area contributed by atoms with E-state index in [4.69, 9.17) is 11.6 Å². The second kappa shape index (κ2) is 5.41. The van der Waals surface area contributed by atoms with Gasteiger partial charge in [-0.2, -0.15) is 4.57 Å². The summed E-state index contributed by atoms with van der Waals surface area (Å²) >= 11 is 6.08. The first-order valence-electron chi connectivity index (χ1n) is 6.39. The fraction of sp³-hybridized carbons (Fsp3) is 0.118. The minimum atomic E-state index is 0.525. The van der Waals surface area contributed by atoms with Crippen LogP contribution in [0, 0.1) is 0 Å². The van der Waals surface area contributed by atoms with E-state index in [0.717, 1.165) is 12.2 Å². The van der Waals surface area contributed by atoms with Crippen molar-refractivity contribution in [1.82, 2.24) is 0 Å². The number of hydrogen-bond acceptors (Lipinski definition) is 0. The van der Waals surface area contributed by atoms with Gasteiger partial charge >= 0.3 is 0 Å². The number of fused-ring (bicyclic) bond motifs is 1. The average Bonchev–Trinajstić information content (AvgIpc) is 2.49. The van der Waals surface area contributed by atoms with E-state index in [1.807, 2.05) is 6.07 Å². The molecule has 0 aliphatic rings. The van der Waals surface area contributed by atoms with Crippen molar-refractivity contribution >= 4 is 22.5 Å². The fourth-order valence-electron chi connectivity index (χ4n) is 2.37. The van der Waals surface area contributed by atoms with E-state index in [0.29, 0.717) is 5.88 Å². The highest BCUT2D eigenvalue weighted by molar-refractivity contribution is 6.16. The van der Waals surface area contributed by atoms with Gasteiger partial charge in [0.05, 0.1) is 0 Å². The first-order chi connectivity index (χ1) is 9.38. The zero-order valence-corrected chi connectivity index (χ0v) is 11.3. The number of rotatable bonds is 3. The maximum Gasteiger partial charge on any atom is 0.213 e. The molecule has 0 aliphatic carbocycles. The lowest BCUT2D eigenvalue weighted by Crippen LogP contribution is -2.39. The summed E-state index contributed by atoms with van der Waals surface area (Å²) < 4.78 is 2.29. The zero-order valence-electron chi connectivity index (χ0n) is 10.6. The van der Waals surface area contributed by atoms with Crippen molar-refractivity contribution in [3.05, 3.63) is 78.0 Å². The summed E-state index contributed by atoms with van der Waals surface area (Å²) in [6.07, 6.45) is 0. The van der Waals surface area contributed by atoms with Crippen LogP contribution in [0.4, 0.5) is 0 Å². The normalized spacial score (nSPS) is 10.8. The number of pyridine rings is 1. The Kier molecular flexibility index (Phi) is 3.47. The van der Waals surface area contributed by atoms with E-state index >= 15 is 0 Å². The fourth-order valence-corrected chi connectivity index (χ4v) is 2.61. The molecule has 1 heterocycles. The Morgan fingerprint density at radius 3 is 2.32 bits per heavy atom. The van der Waals surface area contributed by atoms with E-state index in [2.05, 4.69) is 65.2 Å². The molecule has 2 heteroatoms. The molecule has 2 aromatic carbocycles. The molecule has 0 spiro atoms. The number of halogens is 1. The van der Waals surface area contributed by atoms with Gasteiger partial charge in [-0.15, -0.1) is 11.6 Å². The third-order valence-electron chi connectivity index (χ3n) is 3.35. The van der Waals surface area contributed by atoms with Crippen molar-refractivity contribution in [1.29, 1.82) is 0 Å². The van der Waals surface area contributed by atoms with E-state index in [1.165, 1.54) is 16.5 Å². The number of alkyl halides is 1. The highest BCUT2D eigenvalue weighted by Gasteiger charge is 2.14. The van der Waals surface area contributed by atoms with Crippen molar-refractivity contribution < 1.29 is 4.57 Å². The lowest BCUT2D eigenvalue weighted by atomic mass is 10.1. The second-order valence-electron chi connectivity index (χ2n) is 4.59. The lowest BCUT2D eigenvalue weighted by molar-refractivity contribution is -0.669. The van der Waals surface area contributed by atoms with Gasteiger partial charge in [-0.05, 0) is 12.1 Å². The van der Waals surface area contributed by atoms with Crippen LogP contribution in [0.25, 0.3) is 10.9 Å². The van der Waals surface area contributed by atoms with Gasteiger partial charge in [0.2, 0.25) is 5.52 Å². The lowest BCUT2D eigenvalue weighted by Gasteiger charge is -2.05. The number of para-hydroxylation sites is 1. The molecule has 0 aliphatic heterocycles. The largest absolute Gasteiger partial charge is 0.213 e. The molecule has 0 atom stereocenters. The quantitative estimate of drug-likeness (QED) is 0.501. The molecule has 19 heavy (non-hydrogen) atoms. The predicted molar refractivity (Wildman–Crippen MR) is 79.2 cm³/mol. The molecule has 0 fully saturated rings. The summed E-state index contributed by atoms with van der Waals surface area (Å²) in [5.74, 6) is 0.525. The Hall–Kier alpha value is -1.86. The maximum atomic E-state index is 6.08. The van der Waals surface area contributed by atoms with Crippen molar-refractivity contribution in [3.63, 3.8) is 0 Å². The summed E-state index contributed by atoms with van der Waals surface area (Å²) in [6, 6.07) is 23.1. The molecule has 0 N–H and O–H groups in total. The van der Waals surface area contributed by atoms with Crippen LogP contribution >= 0.6 is 11.6 Å². The Morgan fingerprint density at radius 1 is 0.789 bits per heavy atom. The molecule has 3 rings (SSSR count). The van der Waals surface area contributed by atoms with Crippen LogP contribution in [0.3, 0.4) is 0 Å². The molecule has 94 valence electrons. The van der Waals surface area contributed by atoms with Crippen LogP contribution in [-0.2, 0) is 12.4 Å². The number of aromatic nitrogens is 1. The van der Waals surface area contributed by atoms with Crippen LogP contribution in [-0.4, -0.2) is 0 Å². The first-order valence-corrected chi connectivity index (χ1v) is 6.92. The minimum absolute atomic E-state index is 0.525. The predicted octanol–water partition coefficient (Wildman–Crippen LogP) is 3.91. The second-order valence-corrected chi connectivity index (χ2v) is 4.86. The first kappa shape index (κ1) is 12.2. The molecule has 0 unspecified atom stereocenters. The topological polar surface area (TPSA) is 3.88 Å². The number of benzene rings is 2. The molecule has 3 aromatic rings. The monoisotopic (exact) mass is 268 g/mol. The number of hydrogen-bond donors (Lipinski definition) is 0. The zero-order chi connectivity index (χ0) is 13.1. The third-order valence-corrected chi connectivity index (χ3v) is 3.62. The van der Waals surface area contributed by atoms with Gasteiger partial charge in [0.1, 0.15) is 5.88 Å².